The number of hydrogen-bond acceptors (Lipinski definition) is 7. The first-order valence-corrected chi connectivity index (χ1v) is 21.0. The van der Waals surface area contributed by atoms with E-state index < -0.39 is 0 Å². The summed E-state index contributed by atoms with van der Waals surface area (Å²) in [5.41, 5.74) is 4.28. The largest absolute Gasteiger partial charge is 0.512 e. The molecule has 52 heavy (non-hydrogen) atoms. The van der Waals surface area contributed by atoms with Crippen LogP contribution in [0.2, 0.25) is 0 Å². The minimum absolute atomic E-state index is 0. The fourth-order valence-electron chi connectivity index (χ4n) is 6.52. The van der Waals surface area contributed by atoms with Gasteiger partial charge in [0.1, 0.15) is 16.9 Å². The van der Waals surface area contributed by atoms with Crippen LogP contribution in [0.25, 0.3) is 51.7 Å². The van der Waals surface area contributed by atoms with E-state index in [9.17, 15) is 9.90 Å². The van der Waals surface area contributed by atoms with Crippen LogP contribution < -0.4 is 0 Å². The number of aliphatic hydroxyl groups excluding tert-OH is 1. The number of benzene rings is 2. The number of carbonyl (C=O) groups excluding carboxylic acids is 1. The van der Waals surface area contributed by atoms with E-state index in [0.717, 1.165) is 53.6 Å². The Kier molecular flexibility index (Phi) is 13.4. The Hall–Kier alpha value is -2.48. The zero-order chi connectivity index (χ0) is 37.5. The molecule has 4 nitrogen and oxygen atoms in total. The first kappa shape index (κ1) is 42.3. The molecule has 0 unspecified atom stereocenters. The van der Waals surface area contributed by atoms with Gasteiger partial charge >= 0.3 is 0 Å². The van der Waals surface area contributed by atoms with Crippen molar-refractivity contribution in [3.8, 4) is 11.3 Å². The van der Waals surface area contributed by atoms with Crippen molar-refractivity contribution < 1.29 is 30.0 Å². The first-order valence-electron chi connectivity index (χ1n) is 18.5. The van der Waals surface area contributed by atoms with Crippen molar-refractivity contribution in [2.75, 3.05) is 0 Å². The third-order valence-corrected chi connectivity index (χ3v) is 14.4. The summed E-state index contributed by atoms with van der Waals surface area (Å²) in [7, 11) is 0. The number of aryl methyl sites for hydroxylation is 1. The van der Waals surface area contributed by atoms with E-state index in [2.05, 4.69) is 82.2 Å². The van der Waals surface area contributed by atoms with Crippen molar-refractivity contribution in [2.24, 2.45) is 16.7 Å². The van der Waals surface area contributed by atoms with Crippen molar-refractivity contribution in [3.05, 3.63) is 69.9 Å². The second-order valence-corrected chi connectivity index (χ2v) is 19.1. The van der Waals surface area contributed by atoms with Crippen molar-refractivity contribution in [1.82, 2.24) is 9.97 Å². The summed E-state index contributed by atoms with van der Waals surface area (Å²) in [6.07, 6.45) is 7.60. The van der Waals surface area contributed by atoms with Crippen molar-refractivity contribution in [1.29, 1.82) is 0 Å². The van der Waals surface area contributed by atoms with Gasteiger partial charge in [-0.1, -0.05) is 87.3 Å². The van der Waals surface area contributed by atoms with Crippen LogP contribution in [-0.4, -0.2) is 20.9 Å². The molecule has 0 saturated carbocycles. The second-order valence-electron chi connectivity index (χ2n) is 16.0. The molecular formula is C44H55IrN2O2S3-. The number of aromatic nitrogens is 2. The molecule has 2 aromatic carbocycles. The monoisotopic (exact) mass is 932 g/mol. The Morgan fingerprint density at radius 3 is 2.12 bits per heavy atom. The molecule has 0 aliphatic carbocycles. The normalized spacial score (nSPS) is 12.9. The van der Waals surface area contributed by atoms with Crippen LogP contribution in [0.3, 0.4) is 0 Å². The van der Waals surface area contributed by atoms with Crippen LogP contribution in [0.1, 0.15) is 118 Å². The predicted molar refractivity (Wildman–Crippen MR) is 225 cm³/mol. The van der Waals surface area contributed by atoms with Crippen LogP contribution in [-0.2, 0) is 36.7 Å². The average Bonchev–Trinajstić information content (AvgIpc) is 3.80. The number of thiophene rings is 3. The number of hydrogen-bond donors (Lipinski definition) is 1. The number of ketones is 1. The quantitative estimate of drug-likeness (QED) is 0.0844. The molecule has 0 bridgehead atoms. The van der Waals surface area contributed by atoms with E-state index in [1.54, 1.807) is 29.0 Å². The van der Waals surface area contributed by atoms with Crippen molar-refractivity contribution in [2.45, 2.75) is 121 Å². The molecule has 6 aromatic rings. The average molecular weight is 932 g/mol. The first-order chi connectivity index (χ1) is 24.0. The van der Waals surface area contributed by atoms with Gasteiger partial charge in [-0.2, -0.15) is 11.3 Å². The fourth-order valence-corrected chi connectivity index (χ4v) is 10.1. The molecule has 0 atom stereocenters. The Labute approximate surface area is 336 Å². The van der Waals surface area contributed by atoms with E-state index in [0.29, 0.717) is 5.92 Å². The molecule has 0 fully saturated rings. The van der Waals surface area contributed by atoms with Gasteiger partial charge in [0.15, 0.2) is 5.78 Å². The molecule has 0 aliphatic rings. The topological polar surface area (TPSA) is 63.1 Å². The molecule has 0 aliphatic heterocycles. The Morgan fingerprint density at radius 1 is 0.904 bits per heavy atom. The summed E-state index contributed by atoms with van der Waals surface area (Å²) in [4.78, 5) is 24.2. The molecule has 0 saturated heterocycles. The van der Waals surface area contributed by atoms with Gasteiger partial charge in [-0.05, 0) is 88.9 Å². The molecule has 0 amide bonds. The summed E-state index contributed by atoms with van der Waals surface area (Å²) < 4.78 is 3.97. The maximum atomic E-state index is 12.2. The second kappa shape index (κ2) is 16.5. The van der Waals surface area contributed by atoms with Crippen LogP contribution >= 0.6 is 34.0 Å². The number of aliphatic hydroxyl groups is 1. The minimum atomic E-state index is -0.337. The summed E-state index contributed by atoms with van der Waals surface area (Å²) in [5.74, 6) is 0.946. The maximum absolute atomic E-state index is 12.2. The predicted octanol–water partition coefficient (Wildman–Crippen LogP) is 14.2. The van der Waals surface area contributed by atoms with Crippen LogP contribution in [0, 0.1) is 29.7 Å². The number of nitrogens with zero attached hydrogens (tertiary/aromatic N) is 2. The van der Waals surface area contributed by atoms with E-state index >= 15 is 0 Å². The van der Waals surface area contributed by atoms with Gasteiger partial charge in [-0.3, -0.25) is 9.78 Å². The van der Waals surface area contributed by atoms with Gasteiger partial charge in [0.2, 0.25) is 0 Å². The molecule has 0 spiro atoms. The van der Waals surface area contributed by atoms with Crippen molar-refractivity contribution >= 4 is 80.3 Å². The standard InChI is InChI=1S/C29H27N2S3.C15H28O2.Ir/c1-15(2)9-22-16(3)19-12-24-20(13-23(19)33-22)25-26(30-14-31-28(25)34-24)18-10-17-7-8-32-27(17)21(11-18)29(4,5)6;1-7-14(5,8-2)12(16)11-13(17)15(6,9-3)10-4;/h7-8,11-15H,9H2,1-6H3;11,16H,7-10H2,1-6H3;/q-1;;/b;12-11-;. The Morgan fingerprint density at radius 2 is 1.52 bits per heavy atom. The molecule has 6 rings (SSSR count). The van der Waals surface area contributed by atoms with Gasteiger partial charge in [0, 0.05) is 62.4 Å². The zero-order valence-electron chi connectivity index (χ0n) is 33.0. The molecular weight excluding hydrogens is 877 g/mol. The third kappa shape index (κ3) is 8.27. The van der Waals surface area contributed by atoms with Crippen LogP contribution in [0.15, 0.2) is 47.8 Å². The van der Waals surface area contributed by atoms with Gasteiger partial charge in [-0.15, -0.1) is 46.3 Å². The minimum Gasteiger partial charge on any atom is -0.512 e. The maximum Gasteiger partial charge on any atom is 0.164 e. The zero-order valence-corrected chi connectivity index (χ0v) is 37.8. The number of fused-ring (bicyclic) bond motifs is 5. The van der Waals surface area contributed by atoms with Crippen molar-refractivity contribution in [3.63, 3.8) is 0 Å². The van der Waals surface area contributed by atoms with E-state index in [4.69, 9.17) is 4.98 Å². The van der Waals surface area contributed by atoms with Gasteiger partial charge < -0.3 is 5.11 Å². The Bertz CT molecular complexity index is 2220. The van der Waals surface area contributed by atoms with Crippen LogP contribution in [0.5, 0.6) is 0 Å². The van der Waals surface area contributed by atoms with Gasteiger partial charge in [0.25, 0.3) is 0 Å². The SMILES string of the molecule is CCC(C)(CC)C(=O)/C=C(\O)C(C)(CC)CC.Cc1c(CC(C)C)sc2cc3c(cc12)sc1ncnc(-c2[c-]c4ccsc4c(C(C)(C)C)c2)c13.[Ir]. The van der Waals surface area contributed by atoms with Gasteiger partial charge in [0.05, 0.1) is 0 Å². The molecule has 4 heterocycles. The Balaban J connectivity index is 0.000000289. The molecule has 281 valence electrons. The summed E-state index contributed by atoms with van der Waals surface area (Å²) in [6.45, 7) is 25.8. The summed E-state index contributed by atoms with van der Waals surface area (Å²) in [6, 6.07) is 12.9. The van der Waals surface area contributed by atoms with E-state index in [1.807, 2.05) is 52.9 Å². The summed E-state index contributed by atoms with van der Waals surface area (Å²) in [5, 5.41) is 17.3. The fraction of sp³-hybridized carbons (Fsp3) is 0.477. The molecule has 1 N–H and O–H groups in total. The number of carbonyl (C=O) groups is 1. The van der Waals surface area contributed by atoms with E-state index in [-0.39, 0.29) is 47.9 Å². The molecule has 4 aromatic heterocycles. The number of allylic oxidation sites excluding steroid dienone is 2. The summed E-state index contributed by atoms with van der Waals surface area (Å²) >= 11 is 5.52. The van der Waals surface area contributed by atoms with Crippen LogP contribution in [0.4, 0.5) is 0 Å². The molecule has 1 radical (unpaired) electrons. The van der Waals surface area contributed by atoms with E-state index in [1.165, 1.54) is 52.3 Å². The molecule has 8 heteroatoms. The third-order valence-electron chi connectivity index (χ3n) is 11.2. The van der Waals surface area contributed by atoms with Gasteiger partial charge in [-0.25, -0.2) is 4.98 Å². The smallest absolute Gasteiger partial charge is 0.164 e. The number of rotatable bonds is 10.